The summed E-state index contributed by atoms with van der Waals surface area (Å²) >= 11 is 1.01. The first kappa shape index (κ1) is 18.3. The molecule has 4 nitrogen and oxygen atoms in total. The normalized spacial score (nSPS) is 14.8. The zero-order valence-corrected chi connectivity index (χ0v) is 13.5. The largest absolute Gasteiger partial charge is 0.419 e. The van der Waals surface area contributed by atoms with E-state index in [0.717, 1.165) is 11.9 Å². The first-order valence-electron chi connectivity index (χ1n) is 5.99. The van der Waals surface area contributed by atoms with Crippen molar-refractivity contribution in [2.75, 3.05) is 0 Å². The molecule has 0 heterocycles. The fraction of sp³-hybridized carbons (Fsp3) is 1.00. The highest BCUT2D eigenvalue weighted by atomic mass is 32.2. The molecule has 0 rings (SSSR count). The van der Waals surface area contributed by atoms with Gasteiger partial charge in [-0.05, 0) is 67.3 Å². The van der Waals surface area contributed by atoms with Gasteiger partial charge in [0.15, 0.2) is 0 Å². The van der Waals surface area contributed by atoms with Crippen LogP contribution in [0.3, 0.4) is 0 Å². The van der Waals surface area contributed by atoms with Crippen LogP contribution in [0.2, 0.25) is 0 Å². The molecule has 0 amide bonds. The van der Waals surface area contributed by atoms with E-state index >= 15 is 0 Å². The molecule has 0 aromatic carbocycles. The van der Waals surface area contributed by atoms with E-state index in [1.807, 2.05) is 0 Å². The Kier molecular flexibility index (Phi) is 5.79. The maximum Gasteiger partial charge on any atom is 0.406 e. The van der Waals surface area contributed by atoms with Crippen molar-refractivity contribution in [3.05, 3.63) is 0 Å². The highest BCUT2D eigenvalue weighted by Gasteiger charge is 2.38. The highest BCUT2D eigenvalue weighted by molar-refractivity contribution is 8.18. The third kappa shape index (κ3) is 5.09. The van der Waals surface area contributed by atoms with Gasteiger partial charge in [0.25, 0.3) is 0 Å². The van der Waals surface area contributed by atoms with Gasteiger partial charge in [-0.1, -0.05) is 0 Å². The Morgan fingerprint density at radius 3 is 1.50 bits per heavy atom. The van der Waals surface area contributed by atoms with E-state index < -0.39 is 22.4 Å². The molecule has 0 saturated heterocycles. The van der Waals surface area contributed by atoms with E-state index in [-0.39, 0.29) is 0 Å². The lowest BCUT2D eigenvalue weighted by atomic mass is 9.89. The molecule has 0 aliphatic carbocycles. The summed E-state index contributed by atoms with van der Waals surface area (Å²) in [4.78, 5) is 0. The van der Waals surface area contributed by atoms with Crippen LogP contribution in [0, 0.1) is 0 Å². The molecule has 0 atom stereocenters. The van der Waals surface area contributed by atoms with E-state index in [0.29, 0.717) is 0 Å². The van der Waals surface area contributed by atoms with Gasteiger partial charge in [-0.25, -0.2) is 0 Å². The Hall–Kier alpha value is 0.255. The molecule has 0 fully saturated rings. The number of rotatable bonds is 7. The van der Waals surface area contributed by atoms with E-state index in [2.05, 4.69) is 0 Å². The second-order valence-corrected chi connectivity index (χ2v) is 7.08. The van der Waals surface area contributed by atoms with Crippen molar-refractivity contribution in [1.29, 1.82) is 0 Å². The fourth-order valence-corrected chi connectivity index (χ4v) is 1.29. The van der Waals surface area contributed by atoms with Gasteiger partial charge in [0.05, 0.1) is 16.8 Å². The van der Waals surface area contributed by atoms with Crippen molar-refractivity contribution >= 4 is 18.7 Å². The van der Waals surface area contributed by atoms with Crippen LogP contribution in [0.15, 0.2) is 0 Å². The standard InChI is InChI=1S/C12H26BO4S/c1-9(2,14)11(5,6)16-13-18-17-12(7,8)10(3,4)15/h14-15H,1-8H3. The Bertz CT molecular complexity index is 238. The van der Waals surface area contributed by atoms with E-state index in [4.69, 9.17) is 8.84 Å². The van der Waals surface area contributed by atoms with Crippen molar-refractivity contribution in [2.45, 2.75) is 77.8 Å². The summed E-state index contributed by atoms with van der Waals surface area (Å²) in [5.41, 5.74) is -3.35. The predicted molar refractivity (Wildman–Crippen MR) is 76.3 cm³/mol. The molecule has 107 valence electrons. The lowest BCUT2D eigenvalue weighted by Gasteiger charge is -2.38. The minimum absolute atomic E-state index is 0.712. The van der Waals surface area contributed by atoms with E-state index in [9.17, 15) is 10.2 Å². The van der Waals surface area contributed by atoms with E-state index in [1.165, 1.54) is 6.76 Å². The molecular weight excluding hydrogens is 251 g/mol. The van der Waals surface area contributed by atoms with Crippen LogP contribution in [0.4, 0.5) is 0 Å². The van der Waals surface area contributed by atoms with Crippen LogP contribution in [-0.2, 0) is 8.84 Å². The molecule has 0 aliphatic heterocycles. The van der Waals surface area contributed by atoms with Crippen molar-refractivity contribution in [2.24, 2.45) is 0 Å². The van der Waals surface area contributed by atoms with Gasteiger partial charge < -0.3 is 19.1 Å². The molecular formula is C12H26BO4S. The Labute approximate surface area is 116 Å². The van der Waals surface area contributed by atoms with Gasteiger partial charge in [-0.2, -0.15) is 0 Å². The maximum atomic E-state index is 9.90. The van der Waals surface area contributed by atoms with E-state index in [1.54, 1.807) is 55.4 Å². The average molecular weight is 277 g/mol. The summed E-state index contributed by atoms with van der Waals surface area (Å²) < 4.78 is 11.0. The molecule has 18 heavy (non-hydrogen) atoms. The van der Waals surface area contributed by atoms with Gasteiger partial charge in [0, 0.05) is 0 Å². The third-order valence-corrected chi connectivity index (χ3v) is 4.27. The number of hydrogen-bond acceptors (Lipinski definition) is 5. The minimum atomic E-state index is -0.962. The third-order valence-electron chi connectivity index (χ3n) is 3.59. The predicted octanol–water partition coefficient (Wildman–Crippen LogP) is 2.30. The first-order valence-corrected chi connectivity index (χ1v) is 6.80. The SMILES string of the molecule is CC(C)(O)C(C)(C)O[B]SOC(C)(C)C(C)(C)O. The van der Waals surface area contributed by atoms with Crippen LogP contribution in [0.25, 0.3) is 0 Å². The van der Waals surface area contributed by atoms with Crippen LogP contribution >= 0.6 is 11.9 Å². The summed E-state index contributed by atoms with van der Waals surface area (Å²) in [7, 11) is 0. The Balaban J connectivity index is 4.17. The second-order valence-electron chi connectivity index (χ2n) is 6.53. The van der Waals surface area contributed by atoms with Crippen molar-refractivity contribution in [1.82, 2.24) is 0 Å². The minimum Gasteiger partial charge on any atom is -0.419 e. The van der Waals surface area contributed by atoms with Gasteiger partial charge >= 0.3 is 6.76 Å². The quantitative estimate of drug-likeness (QED) is 0.425. The fourth-order valence-electron chi connectivity index (χ4n) is 0.526. The molecule has 0 spiro atoms. The van der Waals surface area contributed by atoms with Crippen LogP contribution in [-0.4, -0.2) is 39.4 Å². The molecule has 1 radical (unpaired) electrons. The molecule has 0 bridgehead atoms. The summed E-state index contributed by atoms with van der Waals surface area (Å²) in [5.74, 6) is 0. The first-order chi connectivity index (χ1) is 7.71. The summed E-state index contributed by atoms with van der Waals surface area (Å²) in [5, 5.41) is 19.8. The van der Waals surface area contributed by atoms with Crippen LogP contribution in [0.1, 0.15) is 55.4 Å². The van der Waals surface area contributed by atoms with Gasteiger partial charge in [-0.3, -0.25) is 0 Å². The monoisotopic (exact) mass is 277 g/mol. The van der Waals surface area contributed by atoms with Crippen molar-refractivity contribution < 1.29 is 19.1 Å². The van der Waals surface area contributed by atoms with Crippen molar-refractivity contribution in [3.63, 3.8) is 0 Å². The van der Waals surface area contributed by atoms with Gasteiger partial charge in [0.2, 0.25) is 0 Å². The van der Waals surface area contributed by atoms with Crippen molar-refractivity contribution in [3.8, 4) is 0 Å². The van der Waals surface area contributed by atoms with Gasteiger partial charge in [0.1, 0.15) is 5.60 Å². The lowest BCUT2D eigenvalue weighted by Crippen LogP contribution is -2.48. The van der Waals surface area contributed by atoms with Crippen LogP contribution < -0.4 is 0 Å². The summed E-state index contributed by atoms with van der Waals surface area (Å²) in [6, 6.07) is 0. The molecule has 0 unspecified atom stereocenters. The summed E-state index contributed by atoms with van der Waals surface area (Å²) in [6.07, 6.45) is 0. The molecule has 0 aromatic rings. The maximum absolute atomic E-state index is 9.90. The molecule has 6 heteroatoms. The molecule has 2 N–H and O–H groups in total. The zero-order chi connectivity index (χ0) is 14.8. The Morgan fingerprint density at radius 1 is 0.778 bits per heavy atom. The molecule has 0 aromatic heterocycles. The number of hydrogen-bond donors (Lipinski definition) is 2. The molecule has 0 saturated carbocycles. The molecule has 0 aliphatic rings. The Morgan fingerprint density at radius 2 is 1.17 bits per heavy atom. The second kappa shape index (κ2) is 5.71. The van der Waals surface area contributed by atoms with Gasteiger partial charge in [-0.15, -0.1) is 0 Å². The zero-order valence-electron chi connectivity index (χ0n) is 12.7. The lowest BCUT2D eigenvalue weighted by molar-refractivity contribution is -0.0904. The smallest absolute Gasteiger partial charge is 0.406 e. The topological polar surface area (TPSA) is 58.9 Å². The highest BCUT2D eigenvalue weighted by Crippen LogP contribution is 2.30. The average Bonchev–Trinajstić information content (AvgIpc) is 2.08. The summed E-state index contributed by atoms with van der Waals surface area (Å²) in [6.45, 7) is 15.4. The van der Waals surface area contributed by atoms with Crippen LogP contribution in [0.5, 0.6) is 0 Å². The number of aliphatic hydroxyl groups is 2.